The minimum Gasteiger partial charge on any atom is -0.341 e. The number of hydrogen-bond donors (Lipinski definition) is 1. The monoisotopic (exact) mass is 257 g/mol. The molecule has 58 valence electrons. The second-order valence-corrected chi connectivity index (χ2v) is 2.25. The smallest absolute Gasteiger partial charge is 0.331 e. The molecule has 0 aliphatic rings. The minimum atomic E-state index is -0.432. The lowest BCUT2D eigenvalue weighted by atomic mass is 10.5. The molecule has 0 radical (unpaired) electrons. The Hall–Kier alpha value is -0.330. The van der Waals surface area contributed by atoms with Gasteiger partial charge in [-0.3, -0.25) is 4.79 Å². The highest BCUT2D eigenvalue weighted by atomic mass is 127. The summed E-state index contributed by atoms with van der Waals surface area (Å²) in [6.45, 7) is 1.65. The maximum absolute atomic E-state index is 10.4. The molecule has 1 N–H and O–H groups in total. The molecule has 0 atom stereocenters. The molecule has 0 unspecified atom stereocenters. The Morgan fingerprint density at radius 2 is 2.20 bits per heavy atom. The van der Waals surface area contributed by atoms with Crippen LogP contribution in [0.3, 0.4) is 0 Å². The van der Waals surface area contributed by atoms with Crippen LogP contribution in [-0.2, 0) is 14.4 Å². The van der Waals surface area contributed by atoms with E-state index in [2.05, 4.69) is 4.84 Å². The third-order valence-electron chi connectivity index (χ3n) is 0.689. The van der Waals surface area contributed by atoms with Crippen LogP contribution >= 0.6 is 22.6 Å². The quantitative estimate of drug-likeness (QED) is 0.442. The molecule has 0 aliphatic heterocycles. The minimum absolute atomic E-state index is 0.265. The van der Waals surface area contributed by atoms with Crippen LogP contribution in [0.5, 0.6) is 0 Å². The number of halogens is 1. The van der Waals surface area contributed by atoms with Gasteiger partial charge in [0.05, 0.1) is 4.43 Å². The fourth-order valence-corrected chi connectivity index (χ4v) is 0.369. The topological polar surface area (TPSA) is 55.4 Å². The number of amides is 1. The normalized spacial score (nSPS) is 8.60. The number of carbonyl (C=O) groups excluding carboxylic acids is 2. The highest BCUT2D eigenvalue weighted by Gasteiger charge is 2.01. The second-order valence-electron chi connectivity index (χ2n) is 1.49. The Bertz CT molecular complexity index is 121. The molecule has 0 aliphatic carbocycles. The predicted molar refractivity (Wildman–Crippen MR) is 43.4 cm³/mol. The van der Waals surface area contributed by atoms with Crippen molar-refractivity contribution in [2.24, 2.45) is 0 Å². The first-order chi connectivity index (χ1) is 4.70. The van der Waals surface area contributed by atoms with E-state index in [0.717, 1.165) is 0 Å². The summed E-state index contributed by atoms with van der Waals surface area (Å²) < 4.78 is 0.286. The zero-order valence-corrected chi connectivity index (χ0v) is 7.67. The maximum atomic E-state index is 10.4. The van der Waals surface area contributed by atoms with E-state index in [4.69, 9.17) is 0 Å². The second kappa shape index (κ2) is 5.45. The average Bonchev–Trinajstić information content (AvgIpc) is 1.99. The van der Waals surface area contributed by atoms with Crippen molar-refractivity contribution in [3.05, 3.63) is 0 Å². The molecule has 0 saturated heterocycles. The molecule has 0 heterocycles. The molecule has 0 rings (SSSR count). The molecule has 0 spiro atoms. The first kappa shape index (κ1) is 9.67. The number of rotatable bonds is 2. The number of alkyl halides is 1. The summed E-state index contributed by atoms with van der Waals surface area (Å²) in [4.78, 5) is 25.1. The molecule has 0 aromatic carbocycles. The van der Waals surface area contributed by atoms with Gasteiger partial charge in [0.1, 0.15) is 0 Å². The van der Waals surface area contributed by atoms with Crippen molar-refractivity contribution in [2.45, 2.75) is 13.3 Å². The zero-order chi connectivity index (χ0) is 7.98. The summed E-state index contributed by atoms with van der Waals surface area (Å²) in [5, 5.41) is 0. The van der Waals surface area contributed by atoms with Crippen molar-refractivity contribution >= 4 is 34.5 Å². The maximum Gasteiger partial charge on any atom is 0.331 e. The van der Waals surface area contributed by atoms with Crippen LogP contribution in [0.15, 0.2) is 0 Å². The molecule has 1 amide bonds. The van der Waals surface area contributed by atoms with Crippen LogP contribution in [0.1, 0.15) is 13.3 Å². The molecule has 0 aromatic rings. The lowest BCUT2D eigenvalue weighted by molar-refractivity contribution is -0.156. The summed E-state index contributed by atoms with van der Waals surface area (Å²) in [5.41, 5.74) is 1.99. The molecule has 4 nitrogen and oxygen atoms in total. The molecule has 10 heavy (non-hydrogen) atoms. The van der Waals surface area contributed by atoms with Gasteiger partial charge in [-0.05, 0) is 0 Å². The van der Waals surface area contributed by atoms with E-state index in [1.807, 2.05) is 28.1 Å². The van der Waals surface area contributed by atoms with E-state index in [9.17, 15) is 9.59 Å². The Balaban J connectivity index is 3.35. The van der Waals surface area contributed by atoms with E-state index in [1.165, 1.54) is 0 Å². The fraction of sp³-hybridized carbons (Fsp3) is 0.600. The molecular formula is C5H8INO3. The first-order valence-electron chi connectivity index (χ1n) is 2.75. The standard InChI is InChI=1S/C5H8INO3/c1-2-5(9)10-7-4(8)3-6/h2-3H2,1H3,(H,7,8). The summed E-state index contributed by atoms with van der Waals surface area (Å²) in [6, 6.07) is 0. The third-order valence-corrected chi connectivity index (χ3v) is 1.38. The van der Waals surface area contributed by atoms with Gasteiger partial charge in [-0.15, -0.1) is 0 Å². The van der Waals surface area contributed by atoms with Gasteiger partial charge in [-0.25, -0.2) is 4.79 Å². The molecule has 0 aromatic heterocycles. The van der Waals surface area contributed by atoms with E-state index in [0.29, 0.717) is 0 Å². The summed E-state index contributed by atoms with van der Waals surface area (Å²) in [6.07, 6.45) is 0.265. The predicted octanol–water partition coefficient (Wildman–Crippen LogP) is 0.406. The van der Waals surface area contributed by atoms with E-state index >= 15 is 0 Å². The van der Waals surface area contributed by atoms with Crippen LogP contribution in [0, 0.1) is 0 Å². The van der Waals surface area contributed by atoms with Crippen molar-refractivity contribution in [1.29, 1.82) is 0 Å². The van der Waals surface area contributed by atoms with Gasteiger partial charge < -0.3 is 4.84 Å². The highest BCUT2D eigenvalue weighted by molar-refractivity contribution is 14.1. The van der Waals surface area contributed by atoms with Gasteiger partial charge in [-0.2, -0.15) is 5.48 Å². The Morgan fingerprint density at radius 3 is 2.60 bits per heavy atom. The Morgan fingerprint density at radius 1 is 1.60 bits per heavy atom. The third kappa shape index (κ3) is 4.54. The van der Waals surface area contributed by atoms with Crippen molar-refractivity contribution < 1.29 is 14.4 Å². The molecule has 0 bridgehead atoms. The number of hydrogen-bond acceptors (Lipinski definition) is 3. The molecule has 0 fully saturated rings. The van der Waals surface area contributed by atoms with E-state index < -0.39 is 5.97 Å². The van der Waals surface area contributed by atoms with Crippen LogP contribution in [0.2, 0.25) is 0 Å². The van der Waals surface area contributed by atoms with Crippen LogP contribution < -0.4 is 5.48 Å². The molecule has 0 saturated carbocycles. The van der Waals surface area contributed by atoms with Gasteiger partial charge in [0.25, 0.3) is 5.91 Å². The fourth-order valence-electron chi connectivity index (χ4n) is 0.213. The average molecular weight is 257 g/mol. The van der Waals surface area contributed by atoms with Gasteiger partial charge in [0.15, 0.2) is 0 Å². The van der Waals surface area contributed by atoms with Gasteiger partial charge in [0, 0.05) is 6.42 Å². The van der Waals surface area contributed by atoms with Gasteiger partial charge in [0.2, 0.25) is 0 Å². The van der Waals surface area contributed by atoms with Crippen molar-refractivity contribution in [2.75, 3.05) is 4.43 Å². The lowest BCUT2D eigenvalue weighted by Crippen LogP contribution is -2.27. The van der Waals surface area contributed by atoms with Gasteiger partial charge in [-0.1, -0.05) is 29.5 Å². The Labute approximate surface area is 72.4 Å². The first-order valence-corrected chi connectivity index (χ1v) is 4.27. The SMILES string of the molecule is CCC(=O)ONC(=O)CI. The van der Waals surface area contributed by atoms with Crippen LogP contribution in [0.4, 0.5) is 0 Å². The lowest BCUT2D eigenvalue weighted by Gasteiger charge is -2.00. The zero-order valence-electron chi connectivity index (χ0n) is 5.52. The highest BCUT2D eigenvalue weighted by Crippen LogP contribution is 1.82. The largest absolute Gasteiger partial charge is 0.341 e. The van der Waals surface area contributed by atoms with Crippen molar-refractivity contribution in [3.63, 3.8) is 0 Å². The van der Waals surface area contributed by atoms with E-state index in [1.54, 1.807) is 6.92 Å². The van der Waals surface area contributed by atoms with E-state index in [-0.39, 0.29) is 16.8 Å². The summed E-state index contributed by atoms with van der Waals surface area (Å²) in [5.74, 6) is -0.736. The number of carbonyl (C=O) groups is 2. The molecule has 5 heteroatoms. The van der Waals surface area contributed by atoms with Crippen molar-refractivity contribution in [3.8, 4) is 0 Å². The van der Waals surface area contributed by atoms with Crippen LogP contribution in [-0.4, -0.2) is 16.3 Å². The van der Waals surface area contributed by atoms with Gasteiger partial charge >= 0.3 is 5.97 Å². The number of nitrogens with one attached hydrogen (secondary N) is 1. The number of hydroxylamine groups is 1. The summed E-state index contributed by atoms with van der Waals surface area (Å²) in [7, 11) is 0. The summed E-state index contributed by atoms with van der Waals surface area (Å²) >= 11 is 1.87. The molecular weight excluding hydrogens is 249 g/mol. The Kier molecular flexibility index (Phi) is 5.27. The van der Waals surface area contributed by atoms with Crippen LogP contribution in [0.25, 0.3) is 0 Å². The van der Waals surface area contributed by atoms with Crippen molar-refractivity contribution in [1.82, 2.24) is 5.48 Å².